The van der Waals surface area contributed by atoms with E-state index in [1.165, 1.54) is 22.6 Å². The lowest BCUT2D eigenvalue weighted by atomic mass is 10.2. The number of nitrogens with zero attached hydrogens (tertiary/aromatic N) is 1. The summed E-state index contributed by atoms with van der Waals surface area (Å²) in [5.41, 5.74) is -1.91. The number of benzene rings is 1. The molecule has 8 heteroatoms. The number of halogens is 5. The van der Waals surface area contributed by atoms with Gasteiger partial charge in [0, 0.05) is 9.64 Å². The molecule has 0 saturated heterocycles. The Morgan fingerprint density at radius 1 is 1.40 bits per heavy atom. The number of hydrogen-bond donors (Lipinski definition) is 0. The number of nitro benzene ring substituents is 1. The van der Waals surface area contributed by atoms with Crippen LogP contribution in [0.1, 0.15) is 5.56 Å². The maximum Gasteiger partial charge on any atom is 0.419 e. The van der Waals surface area contributed by atoms with Gasteiger partial charge < -0.3 is 0 Å². The van der Waals surface area contributed by atoms with Gasteiger partial charge in [-0.05, 0) is 28.7 Å². The van der Waals surface area contributed by atoms with Crippen molar-refractivity contribution in [2.75, 3.05) is 0 Å². The van der Waals surface area contributed by atoms with Crippen LogP contribution < -0.4 is 0 Å². The fourth-order valence-electron chi connectivity index (χ4n) is 0.942. The first-order valence-corrected chi connectivity index (χ1v) is 4.90. The van der Waals surface area contributed by atoms with E-state index in [2.05, 4.69) is 0 Å². The summed E-state index contributed by atoms with van der Waals surface area (Å²) < 4.78 is 37.2. The summed E-state index contributed by atoms with van der Waals surface area (Å²) in [6.45, 7) is 0. The van der Waals surface area contributed by atoms with E-state index in [0.717, 1.165) is 12.1 Å². The van der Waals surface area contributed by atoms with Gasteiger partial charge in [-0.2, -0.15) is 13.2 Å². The lowest BCUT2D eigenvalue weighted by molar-refractivity contribution is -0.385. The second kappa shape index (κ2) is 4.12. The summed E-state index contributed by atoms with van der Waals surface area (Å²) in [6.07, 6.45) is -4.69. The molecule has 1 aromatic rings. The van der Waals surface area contributed by atoms with Crippen LogP contribution in [0.4, 0.5) is 18.9 Å². The maximum atomic E-state index is 12.4. The summed E-state index contributed by atoms with van der Waals surface area (Å²) in [4.78, 5) is 9.41. The zero-order valence-corrected chi connectivity index (χ0v) is 9.72. The first-order valence-electron chi connectivity index (χ1n) is 3.44. The molecule has 0 radical (unpaired) electrons. The van der Waals surface area contributed by atoms with Crippen molar-refractivity contribution in [2.24, 2.45) is 0 Å². The molecule has 3 nitrogen and oxygen atoms in total. The number of hydrogen-bond acceptors (Lipinski definition) is 2. The highest BCUT2D eigenvalue weighted by atomic mass is 127. The molecule has 0 aliphatic carbocycles. The summed E-state index contributed by atoms with van der Waals surface area (Å²) in [6, 6.07) is 1.95. The minimum atomic E-state index is -4.69. The third-order valence-electron chi connectivity index (χ3n) is 1.55. The SMILES string of the molecule is O=[N+]([O-])c1ccc(I)c(C(F)(F)F)c1Cl. The molecular weight excluding hydrogens is 349 g/mol. The molecule has 0 aliphatic heterocycles. The van der Waals surface area contributed by atoms with E-state index in [9.17, 15) is 23.3 Å². The van der Waals surface area contributed by atoms with Crippen molar-refractivity contribution in [2.45, 2.75) is 6.18 Å². The van der Waals surface area contributed by atoms with Crippen molar-refractivity contribution in [3.05, 3.63) is 36.4 Å². The lowest BCUT2D eigenvalue weighted by Gasteiger charge is -2.10. The molecular formula is C7H2ClF3INO2. The van der Waals surface area contributed by atoms with E-state index in [4.69, 9.17) is 11.6 Å². The van der Waals surface area contributed by atoms with Crippen LogP contribution in [0.5, 0.6) is 0 Å². The van der Waals surface area contributed by atoms with E-state index in [1.807, 2.05) is 0 Å². The third-order valence-corrected chi connectivity index (χ3v) is 2.83. The average molecular weight is 351 g/mol. The highest BCUT2D eigenvalue weighted by molar-refractivity contribution is 14.1. The Morgan fingerprint density at radius 3 is 2.33 bits per heavy atom. The second-order valence-electron chi connectivity index (χ2n) is 2.51. The third kappa shape index (κ3) is 2.51. The van der Waals surface area contributed by atoms with E-state index in [-0.39, 0.29) is 3.57 Å². The Labute approximate surface area is 101 Å². The van der Waals surface area contributed by atoms with Gasteiger partial charge in [-0.3, -0.25) is 10.1 Å². The van der Waals surface area contributed by atoms with Crippen molar-refractivity contribution < 1.29 is 18.1 Å². The van der Waals surface area contributed by atoms with E-state index >= 15 is 0 Å². The standard InChI is InChI=1S/C7H2ClF3INO2/c8-6-4(13(14)15)2-1-3(12)5(6)7(9,10)11/h1-2H. The predicted molar refractivity (Wildman–Crippen MR) is 55.8 cm³/mol. The Hall–Kier alpha value is -0.570. The number of alkyl halides is 3. The Balaban J connectivity index is 3.51. The van der Waals surface area contributed by atoms with Crippen LogP contribution in [0.2, 0.25) is 5.02 Å². The van der Waals surface area contributed by atoms with Crippen molar-refractivity contribution in [3.8, 4) is 0 Å². The van der Waals surface area contributed by atoms with Crippen molar-refractivity contribution in [3.63, 3.8) is 0 Å². The lowest BCUT2D eigenvalue weighted by Crippen LogP contribution is -2.09. The van der Waals surface area contributed by atoms with Gasteiger partial charge in [-0.1, -0.05) is 11.6 Å². The fourth-order valence-corrected chi connectivity index (χ4v) is 2.20. The molecule has 82 valence electrons. The minimum absolute atomic E-state index is 0.171. The molecule has 0 spiro atoms. The van der Waals surface area contributed by atoms with Gasteiger partial charge >= 0.3 is 6.18 Å². The maximum absolute atomic E-state index is 12.4. The molecule has 0 aromatic heterocycles. The van der Waals surface area contributed by atoms with Crippen LogP contribution in [0.25, 0.3) is 0 Å². The molecule has 0 amide bonds. The van der Waals surface area contributed by atoms with Crippen molar-refractivity contribution >= 4 is 39.9 Å². The summed E-state index contributed by atoms with van der Waals surface area (Å²) in [5.74, 6) is 0. The van der Waals surface area contributed by atoms with Crippen LogP contribution in [-0.4, -0.2) is 4.92 Å². The second-order valence-corrected chi connectivity index (χ2v) is 4.05. The van der Waals surface area contributed by atoms with Crippen molar-refractivity contribution in [1.29, 1.82) is 0 Å². The van der Waals surface area contributed by atoms with Gasteiger partial charge in [0.25, 0.3) is 5.69 Å². The molecule has 0 heterocycles. The normalized spacial score (nSPS) is 11.5. The monoisotopic (exact) mass is 351 g/mol. The topological polar surface area (TPSA) is 43.1 Å². The van der Waals surface area contributed by atoms with Gasteiger partial charge in [0.2, 0.25) is 0 Å². The summed E-state index contributed by atoms with van der Waals surface area (Å²) in [7, 11) is 0. The smallest absolute Gasteiger partial charge is 0.258 e. The molecule has 0 bridgehead atoms. The van der Waals surface area contributed by atoms with Gasteiger partial charge in [0.15, 0.2) is 0 Å². The first-order chi connectivity index (χ1) is 6.75. The summed E-state index contributed by atoms with van der Waals surface area (Å²) >= 11 is 6.75. The minimum Gasteiger partial charge on any atom is -0.258 e. The molecule has 0 N–H and O–H groups in total. The largest absolute Gasteiger partial charge is 0.419 e. The Bertz CT molecular complexity index is 421. The van der Waals surface area contributed by atoms with Crippen LogP contribution in [0.3, 0.4) is 0 Å². The van der Waals surface area contributed by atoms with Crippen LogP contribution in [-0.2, 0) is 6.18 Å². The van der Waals surface area contributed by atoms with Gasteiger partial charge in [-0.15, -0.1) is 0 Å². The van der Waals surface area contributed by atoms with Crippen LogP contribution in [0, 0.1) is 13.7 Å². The molecule has 1 rings (SSSR count). The van der Waals surface area contributed by atoms with Crippen LogP contribution in [0.15, 0.2) is 12.1 Å². The van der Waals surface area contributed by atoms with Crippen molar-refractivity contribution in [1.82, 2.24) is 0 Å². The molecule has 0 aliphatic rings. The first kappa shape index (κ1) is 12.5. The highest BCUT2D eigenvalue weighted by Gasteiger charge is 2.38. The van der Waals surface area contributed by atoms with Gasteiger partial charge in [-0.25, -0.2) is 0 Å². The molecule has 0 atom stereocenters. The quantitative estimate of drug-likeness (QED) is 0.438. The molecule has 0 unspecified atom stereocenters. The van der Waals surface area contributed by atoms with Gasteiger partial charge in [0.1, 0.15) is 5.02 Å². The Kier molecular flexibility index (Phi) is 3.44. The predicted octanol–water partition coefficient (Wildman–Crippen LogP) is 3.87. The zero-order chi connectivity index (χ0) is 11.8. The van der Waals surface area contributed by atoms with E-state index < -0.39 is 27.4 Å². The number of nitro groups is 1. The van der Waals surface area contributed by atoms with E-state index in [1.54, 1.807) is 0 Å². The molecule has 15 heavy (non-hydrogen) atoms. The van der Waals surface area contributed by atoms with Gasteiger partial charge in [0.05, 0.1) is 10.5 Å². The molecule has 0 fully saturated rings. The van der Waals surface area contributed by atoms with Crippen LogP contribution >= 0.6 is 34.2 Å². The highest BCUT2D eigenvalue weighted by Crippen LogP contribution is 2.41. The number of rotatable bonds is 1. The van der Waals surface area contributed by atoms with E-state index in [0.29, 0.717) is 0 Å². The molecule has 0 saturated carbocycles. The fraction of sp³-hybridized carbons (Fsp3) is 0.143. The average Bonchev–Trinajstić information content (AvgIpc) is 2.00. The molecule has 1 aromatic carbocycles. The zero-order valence-electron chi connectivity index (χ0n) is 6.81. The summed E-state index contributed by atoms with van der Waals surface area (Å²) in [5, 5.41) is 9.49. The Morgan fingerprint density at radius 2 is 1.93 bits per heavy atom.